The minimum absolute atomic E-state index is 0.0713. The molecule has 0 spiro atoms. The Kier molecular flexibility index (Phi) is 5.12. The van der Waals surface area contributed by atoms with E-state index in [-0.39, 0.29) is 5.78 Å². The molecule has 1 aromatic carbocycles. The number of halogens is 1. The molecule has 0 unspecified atom stereocenters. The summed E-state index contributed by atoms with van der Waals surface area (Å²) >= 11 is 3.43. The second-order valence-corrected chi connectivity index (χ2v) is 5.92. The van der Waals surface area contributed by atoms with E-state index in [0.717, 1.165) is 33.7 Å². The number of hydrogen-bond acceptors (Lipinski definition) is 3. The number of Topliss-reactive ketones (excluding diaryl/α,β-unsaturated/α-hetero) is 1. The molecule has 110 valence electrons. The molecule has 0 aliphatic rings. The molecular formula is C17H19BrN2O. The Morgan fingerprint density at radius 2 is 2.05 bits per heavy atom. The van der Waals surface area contributed by atoms with Gasteiger partial charge < -0.3 is 4.90 Å². The van der Waals surface area contributed by atoms with Crippen molar-refractivity contribution in [1.82, 2.24) is 4.98 Å². The number of aromatic nitrogens is 1. The lowest BCUT2D eigenvalue weighted by atomic mass is 10.1. The van der Waals surface area contributed by atoms with Gasteiger partial charge in [0.05, 0.1) is 12.2 Å². The maximum atomic E-state index is 11.9. The van der Waals surface area contributed by atoms with Crippen LogP contribution in [0.5, 0.6) is 0 Å². The van der Waals surface area contributed by atoms with Crippen molar-refractivity contribution in [3.8, 4) is 0 Å². The molecular weight excluding hydrogens is 328 g/mol. The smallest absolute Gasteiger partial charge is 0.161 e. The van der Waals surface area contributed by atoms with E-state index in [4.69, 9.17) is 0 Å². The Bertz CT molecular complexity index is 655. The first-order chi connectivity index (χ1) is 10.0. The normalized spacial score (nSPS) is 10.5. The molecule has 4 heteroatoms. The molecule has 0 saturated carbocycles. The number of anilines is 1. The van der Waals surface area contributed by atoms with Gasteiger partial charge in [-0.25, -0.2) is 0 Å². The summed E-state index contributed by atoms with van der Waals surface area (Å²) in [7, 11) is 0. The molecule has 0 aliphatic carbocycles. The fourth-order valence-electron chi connectivity index (χ4n) is 2.32. The zero-order valence-corrected chi connectivity index (χ0v) is 14.1. The molecule has 0 radical (unpaired) electrons. The molecule has 0 fully saturated rings. The number of carbonyl (C=O) groups is 1. The van der Waals surface area contributed by atoms with Gasteiger partial charge in [0.15, 0.2) is 5.78 Å². The van der Waals surface area contributed by atoms with Crippen LogP contribution in [-0.2, 0) is 6.54 Å². The molecule has 0 aliphatic heterocycles. The highest BCUT2D eigenvalue weighted by molar-refractivity contribution is 9.10. The first kappa shape index (κ1) is 15.7. The van der Waals surface area contributed by atoms with Crippen LogP contribution >= 0.6 is 15.9 Å². The van der Waals surface area contributed by atoms with Crippen LogP contribution < -0.4 is 4.90 Å². The van der Waals surface area contributed by atoms with Gasteiger partial charge in [0.2, 0.25) is 0 Å². The zero-order chi connectivity index (χ0) is 15.4. The lowest BCUT2D eigenvalue weighted by molar-refractivity contribution is 0.101. The van der Waals surface area contributed by atoms with E-state index in [9.17, 15) is 4.79 Å². The molecule has 1 aromatic heterocycles. The summed E-state index contributed by atoms with van der Waals surface area (Å²) in [5.74, 6) is 0.0713. The van der Waals surface area contributed by atoms with Gasteiger partial charge in [-0.15, -0.1) is 0 Å². The largest absolute Gasteiger partial charge is 0.365 e. The van der Waals surface area contributed by atoms with Gasteiger partial charge in [0.25, 0.3) is 0 Å². The van der Waals surface area contributed by atoms with E-state index in [1.165, 1.54) is 0 Å². The van der Waals surface area contributed by atoms with Gasteiger partial charge in [0, 0.05) is 28.0 Å². The van der Waals surface area contributed by atoms with E-state index in [0.29, 0.717) is 6.54 Å². The first-order valence-electron chi connectivity index (χ1n) is 6.99. The Morgan fingerprint density at radius 1 is 1.29 bits per heavy atom. The topological polar surface area (TPSA) is 33.2 Å². The third-order valence-corrected chi connectivity index (χ3v) is 3.85. The van der Waals surface area contributed by atoms with E-state index in [1.54, 1.807) is 6.92 Å². The number of aryl methyl sites for hydroxylation is 1. The number of rotatable bonds is 5. The summed E-state index contributed by atoms with van der Waals surface area (Å²) in [6, 6.07) is 11.8. The standard InChI is InChI=1S/C17H19BrN2O/c1-4-20(11-15-7-5-6-12(2)19-15)17-9-8-14(18)10-16(17)13(3)21/h5-10H,4,11H2,1-3H3. The minimum Gasteiger partial charge on any atom is -0.365 e. The molecule has 0 atom stereocenters. The maximum Gasteiger partial charge on any atom is 0.161 e. The number of nitrogens with zero attached hydrogens (tertiary/aromatic N) is 2. The van der Waals surface area contributed by atoms with Gasteiger partial charge in [-0.2, -0.15) is 0 Å². The summed E-state index contributed by atoms with van der Waals surface area (Å²) in [5, 5.41) is 0. The van der Waals surface area contributed by atoms with Crippen molar-refractivity contribution >= 4 is 27.4 Å². The second kappa shape index (κ2) is 6.85. The van der Waals surface area contributed by atoms with Crippen molar-refractivity contribution in [1.29, 1.82) is 0 Å². The van der Waals surface area contributed by atoms with Crippen molar-refractivity contribution in [3.63, 3.8) is 0 Å². The minimum atomic E-state index is 0.0713. The highest BCUT2D eigenvalue weighted by Gasteiger charge is 2.14. The van der Waals surface area contributed by atoms with Crippen LogP contribution in [0.2, 0.25) is 0 Å². The average Bonchev–Trinajstić information content (AvgIpc) is 2.45. The van der Waals surface area contributed by atoms with Gasteiger partial charge in [-0.1, -0.05) is 22.0 Å². The number of ketones is 1. The van der Waals surface area contributed by atoms with Crippen molar-refractivity contribution in [3.05, 3.63) is 57.8 Å². The van der Waals surface area contributed by atoms with Gasteiger partial charge in [0.1, 0.15) is 0 Å². The van der Waals surface area contributed by atoms with Crippen LogP contribution in [0.4, 0.5) is 5.69 Å². The van der Waals surface area contributed by atoms with Crippen molar-refractivity contribution in [2.45, 2.75) is 27.3 Å². The summed E-state index contributed by atoms with van der Waals surface area (Å²) in [6.07, 6.45) is 0. The van der Waals surface area contributed by atoms with Gasteiger partial charge in [-0.3, -0.25) is 9.78 Å². The third-order valence-electron chi connectivity index (χ3n) is 3.36. The Morgan fingerprint density at radius 3 is 2.67 bits per heavy atom. The van der Waals surface area contributed by atoms with E-state index < -0.39 is 0 Å². The van der Waals surface area contributed by atoms with E-state index in [2.05, 4.69) is 32.7 Å². The van der Waals surface area contributed by atoms with Crippen LogP contribution in [0.15, 0.2) is 40.9 Å². The van der Waals surface area contributed by atoms with Crippen LogP contribution in [0.3, 0.4) is 0 Å². The lowest BCUT2D eigenvalue weighted by Gasteiger charge is -2.25. The van der Waals surface area contributed by atoms with E-state index >= 15 is 0 Å². The van der Waals surface area contributed by atoms with Crippen LogP contribution in [0.1, 0.15) is 35.6 Å². The highest BCUT2D eigenvalue weighted by Crippen LogP contribution is 2.26. The average molecular weight is 347 g/mol. The quantitative estimate of drug-likeness (QED) is 0.753. The Hall–Kier alpha value is -1.68. The van der Waals surface area contributed by atoms with Crippen LogP contribution in [0, 0.1) is 6.92 Å². The molecule has 2 rings (SSSR count). The van der Waals surface area contributed by atoms with Crippen molar-refractivity contribution in [2.24, 2.45) is 0 Å². The van der Waals surface area contributed by atoms with Crippen molar-refractivity contribution in [2.75, 3.05) is 11.4 Å². The summed E-state index contributed by atoms with van der Waals surface area (Å²) in [4.78, 5) is 18.6. The third kappa shape index (κ3) is 3.91. The number of hydrogen-bond donors (Lipinski definition) is 0. The molecule has 0 N–H and O–H groups in total. The summed E-state index contributed by atoms with van der Waals surface area (Å²) in [5.41, 5.74) is 3.70. The van der Waals surface area contributed by atoms with Gasteiger partial charge in [-0.05, 0) is 51.1 Å². The number of benzene rings is 1. The molecule has 0 bridgehead atoms. The van der Waals surface area contributed by atoms with E-state index in [1.807, 2.05) is 43.3 Å². The van der Waals surface area contributed by atoms with Crippen LogP contribution in [-0.4, -0.2) is 17.3 Å². The highest BCUT2D eigenvalue weighted by atomic mass is 79.9. The molecule has 0 saturated heterocycles. The second-order valence-electron chi connectivity index (χ2n) is 5.00. The molecule has 0 amide bonds. The van der Waals surface area contributed by atoms with Crippen molar-refractivity contribution < 1.29 is 4.79 Å². The first-order valence-corrected chi connectivity index (χ1v) is 7.78. The van der Waals surface area contributed by atoms with Gasteiger partial charge >= 0.3 is 0 Å². The zero-order valence-electron chi connectivity index (χ0n) is 12.6. The summed E-state index contributed by atoms with van der Waals surface area (Å²) < 4.78 is 0.918. The predicted molar refractivity (Wildman–Crippen MR) is 89.8 cm³/mol. The molecule has 1 heterocycles. The SMILES string of the molecule is CCN(Cc1cccc(C)n1)c1ccc(Br)cc1C(C)=O. The summed E-state index contributed by atoms with van der Waals surface area (Å²) in [6.45, 7) is 7.18. The fraction of sp³-hybridized carbons (Fsp3) is 0.294. The van der Waals surface area contributed by atoms with Crippen LogP contribution in [0.25, 0.3) is 0 Å². The maximum absolute atomic E-state index is 11.9. The number of pyridine rings is 1. The molecule has 21 heavy (non-hydrogen) atoms. The lowest BCUT2D eigenvalue weighted by Crippen LogP contribution is -2.24. The number of carbonyl (C=O) groups excluding carboxylic acids is 1. The molecule has 3 nitrogen and oxygen atoms in total. The predicted octanol–water partition coefficient (Wildman–Crippen LogP) is 4.38. The Balaban J connectivity index is 2.35. The Labute approximate surface area is 134 Å². The monoisotopic (exact) mass is 346 g/mol. The fourth-order valence-corrected chi connectivity index (χ4v) is 2.68. The molecule has 2 aromatic rings.